The average Bonchev–Trinajstić information content (AvgIpc) is 3.08. The molecule has 5 atom stereocenters. The van der Waals surface area contributed by atoms with Crippen molar-refractivity contribution in [3.8, 4) is 0 Å². The summed E-state index contributed by atoms with van der Waals surface area (Å²) < 4.78 is 3.85. The van der Waals surface area contributed by atoms with Gasteiger partial charge in [0.25, 0.3) is 5.91 Å². The zero-order valence-corrected chi connectivity index (χ0v) is 19.7. The molecule has 4 aliphatic heterocycles. The number of hydrogen-bond acceptors (Lipinski definition) is 6. The first-order valence-electron chi connectivity index (χ1n) is 11.0. The Labute approximate surface area is 201 Å². The predicted octanol–water partition coefficient (Wildman–Crippen LogP) is 2.43. The fourth-order valence-electron chi connectivity index (χ4n) is 5.69. The van der Waals surface area contributed by atoms with Crippen LogP contribution in [0.15, 0.2) is 48.6 Å². The number of fused-ring (bicyclic) bond motifs is 2. The first-order valence-corrected chi connectivity index (χ1v) is 12.2. The molecule has 9 heteroatoms. The van der Waals surface area contributed by atoms with Gasteiger partial charge in [0.05, 0.1) is 29.8 Å². The third kappa shape index (κ3) is 3.33. The fraction of sp³-hybridized carbons (Fsp3) is 0.458. The summed E-state index contributed by atoms with van der Waals surface area (Å²) in [6.07, 6.45) is 8.43. The first kappa shape index (κ1) is 22.5. The van der Waals surface area contributed by atoms with E-state index in [1.807, 2.05) is 31.2 Å². The third-order valence-corrected chi connectivity index (χ3v) is 9.05. The highest BCUT2D eigenvalue weighted by molar-refractivity contribution is 8.02. The highest BCUT2D eigenvalue weighted by atomic mass is 35.5. The maximum atomic E-state index is 14.0. The number of anilines is 1. The van der Waals surface area contributed by atoms with Crippen molar-refractivity contribution in [3.63, 3.8) is 0 Å². The maximum Gasteiger partial charge on any atom is 0.311 e. The van der Waals surface area contributed by atoms with Crippen molar-refractivity contribution >= 4 is 46.8 Å². The highest BCUT2D eigenvalue weighted by Crippen LogP contribution is 2.65. The number of hydrogen-bond donors (Lipinski definition) is 1. The van der Waals surface area contributed by atoms with Gasteiger partial charge in [0.1, 0.15) is 6.04 Å². The fourth-order valence-corrected chi connectivity index (χ4v) is 7.97. The van der Waals surface area contributed by atoms with Gasteiger partial charge >= 0.3 is 5.97 Å². The normalized spacial score (nSPS) is 35.5. The predicted molar refractivity (Wildman–Crippen MR) is 126 cm³/mol. The summed E-state index contributed by atoms with van der Waals surface area (Å²) >= 11 is 7.53. The molecule has 1 N–H and O–H groups in total. The van der Waals surface area contributed by atoms with E-state index in [1.165, 1.54) is 16.7 Å². The van der Waals surface area contributed by atoms with Gasteiger partial charge in [-0.2, -0.15) is 0 Å². The molecular weight excluding hydrogens is 464 g/mol. The van der Waals surface area contributed by atoms with E-state index in [0.29, 0.717) is 23.7 Å². The second kappa shape index (κ2) is 8.18. The van der Waals surface area contributed by atoms with Gasteiger partial charge in [-0.05, 0) is 37.6 Å². The summed E-state index contributed by atoms with van der Waals surface area (Å²) in [4.78, 5) is 44.0. The van der Waals surface area contributed by atoms with Crippen LogP contribution in [0.3, 0.4) is 0 Å². The zero-order valence-electron chi connectivity index (χ0n) is 18.1. The van der Waals surface area contributed by atoms with Crippen molar-refractivity contribution in [2.75, 3.05) is 31.2 Å². The van der Waals surface area contributed by atoms with Gasteiger partial charge < -0.3 is 19.6 Å². The molecule has 1 aromatic rings. The number of thioether (sulfide) groups is 1. The number of amides is 2. The summed E-state index contributed by atoms with van der Waals surface area (Å²) in [6.45, 7) is 2.28. The molecule has 1 aromatic carbocycles. The molecule has 0 radical (unpaired) electrons. The minimum atomic E-state index is -0.947. The van der Waals surface area contributed by atoms with E-state index < -0.39 is 33.3 Å². The molecule has 4 heterocycles. The lowest BCUT2D eigenvalue weighted by Gasteiger charge is -2.36. The molecule has 2 amide bonds. The molecular formula is C24H25ClN2O5S. The molecule has 0 saturated carbocycles. The number of rotatable bonds is 3. The van der Waals surface area contributed by atoms with Crippen molar-refractivity contribution in [1.29, 1.82) is 0 Å². The van der Waals surface area contributed by atoms with Gasteiger partial charge in [0.2, 0.25) is 5.91 Å². The van der Waals surface area contributed by atoms with Crippen LogP contribution in [0.4, 0.5) is 5.69 Å². The van der Waals surface area contributed by atoms with E-state index in [2.05, 4.69) is 0 Å². The Kier molecular flexibility index (Phi) is 5.58. The van der Waals surface area contributed by atoms with E-state index in [1.54, 1.807) is 29.2 Å². The molecule has 174 valence electrons. The van der Waals surface area contributed by atoms with Crippen LogP contribution < -0.4 is 4.90 Å². The Balaban J connectivity index is 1.64. The number of nitrogens with zero attached hydrogens (tertiary/aromatic N) is 2. The number of benzene rings is 1. The summed E-state index contributed by atoms with van der Waals surface area (Å²) in [7, 11) is 0. The lowest BCUT2D eigenvalue weighted by Crippen LogP contribution is -2.54. The van der Waals surface area contributed by atoms with Gasteiger partial charge in [-0.3, -0.25) is 14.4 Å². The molecule has 1 spiro atoms. The summed E-state index contributed by atoms with van der Waals surface area (Å²) in [6, 6.07) is 6.13. The van der Waals surface area contributed by atoms with E-state index >= 15 is 0 Å². The first-order chi connectivity index (χ1) is 15.8. The van der Waals surface area contributed by atoms with Gasteiger partial charge in [-0.25, -0.2) is 0 Å². The second-order valence-corrected chi connectivity index (χ2v) is 11.2. The van der Waals surface area contributed by atoms with Crippen LogP contribution in [0.2, 0.25) is 5.02 Å². The lowest BCUT2D eigenvalue weighted by molar-refractivity contribution is -0.154. The quantitative estimate of drug-likeness (QED) is 0.519. The number of β-amino-alcohol motifs (C(OH)–C–C–N with tert-alkyl or cyclic N) is 1. The van der Waals surface area contributed by atoms with E-state index in [4.69, 9.17) is 16.3 Å². The summed E-state index contributed by atoms with van der Waals surface area (Å²) in [5.41, 5.74) is 0.672. The highest BCUT2D eigenvalue weighted by Gasteiger charge is 2.73. The number of esters is 1. The monoisotopic (exact) mass is 488 g/mol. The molecule has 7 nitrogen and oxygen atoms in total. The Morgan fingerprint density at radius 1 is 1.12 bits per heavy atom. The van der Waals surface area contributed by atoms with E-state index in [9.17, 15) is 19.5 Å². The SMILES string of the molecule is C[C@@]12C=CCCOC(=O)[C@@H]1[C@H]1C(=O)N(CCO)C3C(=O)N(c4ccc(Cl)cc4)CC=C[C@@]31S2. The van der Waals surface area contributed by atoms with Crippen molar-refractivity contribution in [2.45, 2.75) is 28.9 Å². The molecule has 0 bridgehead atoms. The van der Waals surface area contributed by atoms with Gasteiger partial charge in [0.15, 0.2) is 0 Å². The van der Waals surface area contributed by atoms with Gasteiger partial charge in [-0.1, -0.05) is 35.9 Å². The minimum absolute atomic E-state index is 0.0185. The minimum Gasteiger partial charge on any atom is -0.465 e. The summed E-state index contributed by atoms with van der Waals surface area (Å²) in [5, 5.41) is 10.3. The number of carbonyl (C=O) groups excluding carboxylic acids is 3. The Hall–Kier alpha value is -2.29. The Morgan fingerprint density at radius 2 is 1.88 bits per heavy atom. The third-order valence-electron chi connectivity index (χ3n) is 7.00. The van der Waals surface area contributed by atoms with Crippen molar-refractivity contribution < 1.29 is 24.2 Å². The topological polar surface area (TPSA) is 87.1 Å². The number of likely N-dealkylation sites (tertiary alicyclic amines) is 1. The lowest BCUT2D eigenvalue weighted by atomic mass is 9.74. The number of halogens is 1. The van der Waals surface area contributed by atoms with Crippen molar-refractivity contribution in [1.82, 2.24) is 4.90 Å². The van der Waals surface area contributed by atoms with Gasteiger partial charge in [0, 0.05) is 28.5 Å². The van der Waals surface area contributed by atoms with Gasteiger partial charge in [-0.15, -0.1) is 11.8 Å². The molecule has 1 unspecified atom stereocenters. The maximum absolute atomic E-state index is 14.0. The number of aliphatic hydroxyl groups excluding tert-OH is 1. The standard InChI is InChI=1S/C24H25ClN2O5S/c1-23-9-2-3-14-32-22(31)18(23)17-20(29)27(12-13-28)19-21(30)26(11-4-10-24(17,19)33-23)16-7-5-15(25)6-8-16/h2,4-10,17-19,28H,3,11-14H2,1H3/t17-,18-,19?,23+,24-/m0/s1. The molecule has 2 saturated heterocycles. The Bertz CT molecular complexity index is 1060. The number of aliphatic hydroxyl groups is 1. The van der Waals surface area contributed by atoms with Crippen LogP contribution in [-0.2, 0) is 19.1 Å². The summed E-state index contributed by atoms with van der Waals surface area (Å²) in [5.74, 6) is -2.43. The molecule has 33 heavy (non-hydrogen) atoms. The van der Waals surface area contributed by atoms with E-state index in [-0.39, 0.29) is 31.6 Å². The van der Waals surface area contributed by atoms with Crippen molar-refractivity contribution in [2.24, 2.45) is 11.8 Å². The molecule has 4 aliphatic rings. The molecule has 2 fully saturated rings. The molecule has 0 aromatic heterocycles. The average molecular weight is 489 g/mol. The van der Waals surface area contributed by atoms with Crippen LogP contribution in [0.1, 0.15) is 13.3 Å². The largest absolute Gasteiger partial charge is 0.465 e. The zero-order chi connectivity index (χ0) is 23.4. The number of ether oxygens (including phenoxy) is 1. The Morgan fingerprint density at radius 3 is 2.61 bits per heavy atom. The number of cyclic esters (lactones) is 1. The van der Waals surface area contributed by atoms with Crippen LogP contribution >= 0.6 is 23.4 Å². The van der Waals surface area contributed by atoms with Crippen LogP contribution in [0.5, 0.6) is 0 Å². The molecule has 0 aliphatic carbocycles. The van der Waals surface area contributed by atoms with Crippen LogP contribution in [0, 0.1) is 11.8 Å². The smallest absolute Gasteiger partial charge is 0.311 e. The van der Waals surface area contributed by atoms with Crippen LogP contribution in [-0.4, -0.2) is 69.6 Å². The number of carbonyl (C=O) groups is 3. The van der Waals surface area contributed by atoms with Crippen molar-refractivity contribution in [3.05, 3.63) is 53.6 Å². The molecule has 5 rings (SSSR count). The van der Waals surface area contributed by atoms with Crippen LogP contribution in [0.25, 0.3) is 0 Å². The van der Waals surface area contributed by atoms with E-state index in [0.717, 1.165) is 0 Å². The second-order valence-electron chi connectivity index (χ2n) is 8.94.